The van der Waals surface area contributed by atoms with Gasteiger partial charge in [-0.25, -0.2) is 4.79 Å². The van der Waals surface area contributed by atoms with E-state index in [2.05, 4.69) is 0 Å². The van der Waals surface area contributed by atoms with E-state index >= 15 is 0 Å². The molecule has 1 aliphatic rings. The van der Waals surface area contributed by atoms with Gasteiger partial charge in [0, 0.05) is 31.5 Å². The predicted octanol–water partition coefficient (Wildman–Crippen LogP) is 3.09. The van der Waals surface area contributed by atoms with E-state index in [1.807, 2.05) is 48.5 Å². The molecule has 0 N–H and O–H groups in total. The molecule has 2 amide bonds. The Hall–Kier alpha value is -1.83. The Kier molecular flexibility index (Phi) is 9.59. The fourth-order valence-electron chi connectivity index (χ4n) is 3.25. The first kappa shape index (κ1) is 26.2. The third kappa shape index (κ3) is 8.90. The molecule has 8 nitrogen and oxygen atoms in total. The van der Waals surface area contributed by atoms with E-state index in [0.29, 0.717) is 26.1 Å². The molecule has 174 valence electrons. The first-order valence-electron chi connectivity index (χ1n) is 10.7. The van der Waals surface area contributed by atoms with Crippen molar-refractivity contribution in [2.75, 3.05) is 40.0 Å². The Labute approximate surface area is 181 Å². The van der Waals surface area contributed by atoms with Crippen molar-refractivity contribution in [3.05, 3.63) is 0 Å². The average Bonchev–Trinajstić information content (AvgIpc) is 2.62. The van der Waals surface area contributed by atoms with Gasteiger partial charge in [-0.05, 0) is 33.6 Å². The SMILES string of the molecule is COCC(C)COC(=O)CN(C(=O)C(C)(C)C)[C@H]1CCCN(C(=O)OC(C)(C)C)C1. The third-order valence-corrected chi connectivity index (χ3v) is 4.67. The summed E-state index contributed by atoms with van der Waals surface area (Å²) in [4.78, 5) is 41.3. The second-order valence-electron chi connectivity index (χ2n) is 10.1. The highest BCUT2D eigenvalue weighted by Gasteiger charge is 2.37. The molecule has 0 aromatic carbocycles. The Morgan fingerprint density at radius 1 is 1.10 bits per heavy atom. The summed E-state index contributed by atoms with van der Waals surface area (Å²) < 4.78 is 15.9. The molecule has 1 heterocycles. The molecule has 8 heteroatoms. The second-order valence-corrected chi connectivity index (χ2v) is 10.1. The van der Waals surface area contributed by atoms with Crippen molar-refractivity contribution in [3.8, 4) is 0 Å². The van der Waals surface area contributed by atoms with Gasteiger partial charge < -0.3 is 24.0 Å². The number of esters is 1. The van der Waals surface area contributed by atoms with E-state index in [-0.39, 0.29) is 31.0 Å². The van der Waals surface area contributed by atoms with Gasteiger partial charge in [-0.1, -0.05) is 27.7 Å². The van der Waals surface area contributed by atoms with Crippen molar-refractivity contribution in [3.63, 3.8) is 0 Å². The van der Waals surface area contributed by atoms with Crippen LogP contribution in [0, 0.1) is 11.3 Å². The summed E-state index contributed by atoms with van der Waals surface area (Å²) in [5.74, 6) is -0.520. The van der Waals surface area contributed by atoms with Crippen molar-refractivity contribution in [1.82, 2.24) is 9.80 Å². The number of piperidine rings is 1. The Morgan fingerprint density at radius 2 is 1.73 bits per heavy atom. The molecule has 0 aliphatic carbocycles. The molecule has 0 aromatic rings. The lowest BCUT2D eigenvalue weighted by Gasteiger charge is -2.41. The number of carbonyl (C=O) groups is 3. The van der Waals surface area contributed by atoms with E-state index in [1.54, 1.807) is 16.9 Å². The monoisotopic (exact) mass is 428 g/mol. The van der Waals surface area contributed by atoms with Crippen LogP contribution in [0.2, 0.25) is 0 Å². The molecule has 1 rings (SSSR count). The lowest BCUT2D eigenvalue weighted by atomic mass is 9.92. The molecule has 0 saturated carbocycles. The van der Waals surface area contributed by atoms with E-state index in [9.17, 15) is 14.4 Å². The number of amides is 2. The van der Waals surface area contributed by atoms with Gasteiger partial charge in [-0.15, -0.1) is 0 Å². The second kappa shape index (κ2) is 11.0. The largest absolute Gasteiger partial charge is 0.464 e. The van der Waals surface area contributed by atoms with Crippen molar-refractivity contribution < 1.29 is 28.6 Å². The van der Waals surface area contributed by atoms with Crippen LogP contribution in [0.5, 0.6) is 0 Å². The zero-order valence-corrected chi connectivity index (χ0v) is 19.9. The minimum Gasteiger partial charge on any atom is -0.464 e. The number of likely N-dealkylation sites (tertiary alicyclic amines) is 1. The topological polar surface area (TPSA) is 85.4 Å². The Morgan fingerprint density at radius 3 is 2.27 bits per heavy atom. The maximum absolute atomic E-state index is 13.1. The lowest BCUT2D eigenvalue weighted by molar-refractivity contribution is -0.156. The zero-order chi connectivity index (χ0) is 23.1. The Bertz CT molecular complexity index is 593. The quantitative estimate of drug-likeness (QED) is 0.579. The van der Waals surface area contributed by atoms with Crippen molar-refractivity contribution >= 4 is 18.0 Å². The lowest BCUT2D eigenvalue weighted by Crippen LogP contribution is -2.56. The number of methoxy groups -OCH3 is 1. The van der Waals surface area contributed by atoms with Crippen LogP contribution in [-0.4, -0.2) is 79.4 Å². The molecule has 1 aliphatic heterocycles. The summed E-state index contributed by atoms with van der Waals surface area (Å²) in [6.07, 6.45) is 1.05. The number of hydrogen-bond donors (Lipinski definition) is 0. The summed E-state index contributed by atoms with van der Waals surface area (Å²) in [5, 5.41) is 0. The molecule has 2 atom stereocenters. The standard InChI is InChI=1S/C22H40N2O6/c1-16(14-28-8)15-29-18(25)13-24(19(26)21(2,3)4)17-10-9-11-23(12-17)20(27)30-22(5,6)7/h16-17H,9-15H2,1-8H3/t16?,17-/m0/s1. The first-order chi connectivity index (χ1) is 13.7. The van der Waals surface area contributed by atoms with Crippen LogP contribution >= 0.6 is 0 Å². The molecule has 1 saturated heterocycles. The molecule has 30 heavy (non-hydrogen) atoms. The molecule has 0 spiro atoms. The highest BCUT2D eigenvalue weighted by Crippen LogP contribution is 2.24. The molecule has 1 fully saturated rings. The minimum atomic E-state index is -0.655. The minimum absolute atomic E-state index is 0.0723. The van der Waals surface area contributed by atoms with Crippen LogP contribution in [-0.2, 0) is 23.8 Å². The van der Waals surface area contributed by atoms with Gasteiger partial charge in [0.05, 0.1) is 19.3 Å². The third-order valence-electron chi connectivity index (χ3n) is 4.67. The van der Waals surface area contributed by atoms with Crippen LogP contribution < -0.4 is 0 Å². The van der Waals surface area contributed by atoms with E-state index in [4.69, 9.17) is 14.2 Å². The van der Waals surface area contributed by atoms with Crippen LogP contribution in [0.4, 0.5) is 4.79 Å². The molecular formula is C22H40N2O6. The van der Waals surface area contributed by atoms with Crippen LogP contribution in [0.1, 0.15) is 61.3 Å². The maximum Gasteiger partial charge on any atom is 0.410 e. The average molecular weight is 429 g/mol. The van der Waals surface area contributed by atoms with Gasteiger partial charge in [0.2, 0.25) is 5.91 Å². The smallest absolute Gasteiger partial charge is 0.410 e. The predicted molar refractivity (Wildman–Crippen MR) is 114 cm³/mol. The summed E-state index contributed by atoms with van der Waals surface area (Å²) in [5.41, 5.74) is -1.24. The Balaban J connectivity index is 2.88. The van der Waals surface area contributed by atoms with Crippen molar-refractivity contribution in [1.29, 1.82) is 0 Å². The van der Waals surface area contributed by atoms with Gasteiger partial charge in [0.25, 0.3) is 0 Å². The van der Waals surface area contributed by atoms with E-state index in [0.717, 1.165) is 6.42 Å². The summed E-state index contributed by atoms with van der Waals surface area (Å²) in [7, 11) is 1.60. The van der Waals surface area contributed by atoms with Gasteiger partial charge in [-0.3, -0.25) is 9.59 Å². The van der Waals surface area contributed by atoms with Crippen LogP contribution in [0.15, 0.2) is 0 Å². The first-order valence-corrected chi connectivity index (χ1v) is 10.7. The molecule has 0 radical (unpaired) electrons. The van der Waals surface area contributed by atoms with E-state index in [1.165, 1.54) is 0 Å². The van der Waals surface area contributed by atoms with Crippen LogP contribution in [0.3, 0.4) is 0 Å². The van der Waals surface area contributed by atoms with Gasteiger partial charge >= 0.3 is 12.1 Å². The molecule has 1 unspecified atom stereocenters. The number of nitrogens with zero attached hydrogens (tertiary/aromatic N) is 2. The summed E-state index contributed by atoms with van der Waals surface area (Å²) in [6.45, 7) is 14.4. The van der Waals surface area contributed by atoms with E-state index < -0.39 is 23.1 Å². The number of carbonyl (C=O) groups excluding carboxylic acids is 3. The molecule has 0 aromatic heterocycles. The normalized spacial score (nSPS) is 18.5. The summed E-state index contributed by atoms with van der Waals surface area (Å²) >= 11 is 0. The van der Waals surface area contributed by atoms with Crippen molar-refractivity contribution in [2.45, 2.75) is 73.0 Å². The highest BCUT2D eigenvalue weighted by atomic mass is 16.6. The van der Waals surface area contributed by atoms with Gasteiger partial charge in [0.15, 0.2) is 0 Å². The van der Waals surface area contributed by atoms with Crippen molar-refractivity contribution in [2.24, 2.45) is 11.3 Å². The summed E-state index contributed by atoms with van der Waals surface area (Å²) in [6, 6.07) is -0.262. The van der Waals surface area contributed by atoms with Gasteiger partial charge in [0.1, 0.15) is 12.1 Å². The highest BCUT2D eigenvalue weighted by molar-refractivity contribution is 5.86. The zero-order valence-electron chi connectivity index (χ0n) is 19.9. The molecular weight excluding hydrogens is 388 g/mol. The molecule has 0 bridgehead atoms. The number of rotatable bonds is 7. The fourth-order valence-corrected chi connectivity index (χ4v) is 3.25. The maximum atomic E-state index is 13.1. The number of hydrogen-bond acceptors (Lipinski definition) is 6. The van der Waals surface area contributed by atoms with Crippen LogP contribution in [0.25, 0.3) is 0 Å². The fraction of sp³-hybridized carbons (Fsp3) is 0.864. The van der Waals surface area contributed by atoms with Gasteiger partial charge in [-0.2, -0.15) is 0 Å². The number of ether oxygens (including phenoxy) is 3.